The maximum atomic E-state index is 12.8. The van der Waals surface area contributed by atoms with Gasteiger partial charge in [0.25, 0.3) is 5.24 Å². The second-order valence-electron chi connectivity index (χ2n) is 8.14. The van der Waals surface area contributed by atoms with E-state index in [1.165, 1.54) is 16.6 Å². The predicted octanol–water partition coefficient (Wildman–Crippen LogP) is 4.50. The summed E-state index contributed by atoms with van der Waals surface area (Å²) < 4.78 is 0. The highest BCUT2D eigenvalue weighted by Crippen LogP contribution is 2.33. The lowest BCUT2D eigenvalue weighted by molar-refractivity contribution is -0.121. The summed E-state index contributed by atoms with van der Waals surface area (Å²) in [7, 11) is 4.03. The zero-order valence-electron chi connectivity index (χ0n) is 20.1. The Kier molecular flexibility index (Phi) is 9.12. The number of Topliss-reactive ketones (excluding diaryl/α,β-unsaturated/α-hetero) is 1. The first-order chi connectivity index (χ1) is 16.3. The van der Waals surface area contributed by atoms with Crippen molar-refractivity contribution in [3.8, 4) is 0 Å². The largest absolute Gasteiger partial charge is 0.378 e. The third-order valence-electron chi connectivity index (χ3n) is 5.19. The average Bonchev–Trinajstić information content (AvgIpc) is 3.25. The molecule has 34 heavy (non-hydrogen) atoms. The molecule has 1 heterocycles. The number of benzene rings is 2. The lowest BCUT2D eigenvalue weighted by Crippen LogP contribution is -2.40. The highest BCUT2D eigenvalue weighted by atomic mass is 32.2. The third kappa shape index (κ3) is 7.07. The highest BCUT2D eigenvalue weighted by Gasteiger charge is 2.21. The number of hydrogen-bond acceptors (Lipinski definition) is 8. The second kappa shape index (κ2) is 12.0. The highest BCUT2D eigenvalue weighted by molar-refractivity contribution is 8.12. The first-order valence-electron chi connectivity index (χ1n) is 11.0. The minimum absolute atomic E-state index is 0.0484. The van der Waals surface area contributed by atoms with Crippen LogP contribution in [0, 0.1) is 13.8 Å². The lowest BCUT2D eigenvalue weighted by Gasteiger charge is -2.16. The maximum absolute atomic E-state index is 12.8. The second-order valence-corrected chi connectivity index (χ2v) is 10.1. The van der Waals surface area contributed by atoms with Crippen molar-refractivity contribution in [2.75, 3.05) is 19.0 Å². The fraction of sp³-hybridized carbons (Fsp3) is 0.375. The van der Waals surface area contributed by atoms with Crippen LogP contribution in [0.4, 0.5) is 10.5 Å². The van der Waals surface area contributed by atoms with Crippen molar-refractivity contribution in [1.82, 2.24) is 25.5 Å². The number of aryl methyl sites for hydroxylation is 2. The van der Waals surface area contributed by atoms with E-state index in [1.54, 1.807) is 0 Å². The standard InChI is InChI=1S/C24H30N6O2S2/c1-6-20(25-24(32)33-15-18-10-8-7-9-11-18)21(31)14-30-27-23(26-28-30)34-22-16(2)12-19(29(4)5)13-17(22)3/h7-13,20H,6,14-15H2,1-5H3,(H,25,32). The maximum Gasteiger partial charge on any atom is 0.279 e. The van der Waals surface area contributed by atoms with Gasteiger partial charge in [-0.1, -0.05) is 49.0 Å². The number of hydrogen-bond donors (Lipinski definition) is 1. The molecule has 180 valence electrons. The van der Waals surface area contributed by atoms with Crippen LogP contribution in [0.1, 0.15) is 30.0 Å². The monoisotopic (exact) mass is 498 g/mol. The van der Waals surface area contributed by atoms with Gasteiger partial charge in [0.05, 0.1) is 6.04 Å². The van der Waals surface area contributed by atoms with Gasteiger partial charge in [0.15, 0.2) is 5.78 Å². The van der Waals surface area contributed by atoms with Gasteiger partial charge in [-0.2, -0.15) is 4.80 Å². The van der Waals surface area contributed by atoms with E-state index in [1.807, 2.05) is 51.4 Å². The zero-order chi connectivity index (χ0) is 24.7. The third-order valence-corrected chi connectivity index (χ3v) is 7.24. The number of rotatable bonds is 10. The van der Waals surface area contributed by atoms with Gasteiger partial charge in [0.1, 0.15) is 6.54 Å². The molecule has 0 saturated carbocycles. The number of aromatic nitrogens is 4. The van der Waals surface area contributed by atoms with E-state index < -0.39 is 6.04 Å². The van der Waals surface area contributed by atoms with E-state index in [9.17, 15) is 9.59 Å². The van der Waals surface area contributed by atoms with Crippen molar-refractivity contribution < 1.29 is 9.59 Å². The normalized spacial score (nSPS) is 11.8. The summed E-state index contributed by atoms with van der Waals surface area (Å²) in [6.45, 7) is 5.93. The number of nitrogens with one attached hydrogen (secondary N) is 1. The molecule has 3 rings (SSSR count). The predicted molar refractivity (Wildman–Crippen MR) is 138 cm³/mol. The molecule has 0 saturated heterocycles. The Labute approximate surface area is 208 Å². The number of amides is 1. The van der Waals surface area contributed by atoms with Crippen molar-refractivity contribution in [2.24, 2.45) is 0 Å². The van der Waals surface area contributed by atoms with Gasteiger partial charge in [0.2, 0.25) is 5.16 Å². The molecular formula is C24H30N6O2S2. The Hall–Kier alpha value is -2.85. The number of tetrazole rings is 1. The van der Waals surface area contributed by atoms with Gasteiger partial charge in [-0.05, 0) is 66.1 Å². The van der Waals surface area contributed by atoms with Crippen molar-refractivity contribution in [1.29, 1.82) is 0 Å². The van der Waals surface area contributed by atoms with Crippen LogP contribution in [-0.4, -0.2) is 51.4 Å². The number of thioether (sulfide) groups is 1. The van der Waals surface area contributed by atoms with Crippen LogP contribution in [0.2, 0.25) is 0 Å². The molecule has 1 amide bonds. The van der Waals surface area contributed by atoms with Gasteiger partial charge in [0, 0.05) is 30.4 Å². The number of carbonyl (C=O) groups is 2. The molecule has 0 aliphatic heterocycles. The molecule has 0 aliphatic rings. The van der Waals surface area contributed by atoms with Crippen LogP contribution >= 0.6 is 23.5 Å². The van der Waals surface area contributed by atoms with Gasteiger partial charge in [-0.15, -0.1) is 10.2 Å². The summed E-state index contributed by atoms with van der Waals surface area (Å²) in [6, 6.07) is 13.4. The number of anilines is 1. The van der Waals surface area contributed by atoms with Crippen molar-refractivity contribution >= 4 is 40.2 Å². The molecule has 0 bridgehead atoms. The van der Waals surface area contributed by atoms with Crippen molar-refractivity contribution in [3.63, 3.8) is 0 Å². The number of nitrogens with zero attached hydrogens (tertiary/aromatic N) is 5. The van der Waals surface area contributed by atoms with Crippen LogP contribution in [0.3, 0.4) is 0 Å². The average molecular weight is 499 g/mol. The smallest absolute Gasteiger partial charge is 0.279 e. The van der Waals surface area contributed by atoms with Crippen LogP contribution in [0.15, 0.2) is 52.5 Å². The molecule has 10 heteroatoms. The van der Waals surface area contributed by atoms with E-state index in [0.717, 1.165) is 39.0 Å². The summed E-state index contributed by atoms with van der Waals surface area (Å²) in [5.41, 5.74) is 4.45. The van der Waals surface area contributed by atoms with E-state index in [2.05, 4.69) is 51.6 Å². The SMILES string of the molecule is CCC(NC(=O)SCc1ccccc1)C(=O)Cn1nnc(Sc2c(C)cc(N(C)C)cc2C)n1. The van der Waals surface area contributed by atoms with Crippen LogP contribution < -0.4 is 10.2 Å². The molecule has 1 atom stereocenters. The molecular weight excluding hydrogens is 468 g/mol. The van der Waals surface area contributed by atoms with Gasteiger partial charge in [-0.3, -0.25) is 9.59 Å². The molecule has 1 unspecified atom stereocenters. The van der Waals surface area contributed by atoms with E-state index in [4.69, 9.17) is 0 Å². The van der Waals surface area contributed by atoms with Crippen LogP contribution in [0.25, 0.3) is 0 Å². The first kappa shape index (κ1) is 25.8. The molecule has 0 fully saturated rings. The molecule has 8 nitrogen and oxygen atoms in total. The van der Waals surface area contributed by atoms with Gasteiger partial charge < -0.3 is 10.2 Å². The Balaban J connectivity index is 1.57. The minimum atomic E-state index is -0.596. The van der Waals surface area contributed by atoms with Crippen molar-refractivity contribution in [3.05, 3.63) is 59.2 Å². The Morgan fingerprint density at radius 3 is 2.41 bits per heavy atom. The lowest BCUT2D eigenvalue weighted by atomic mass is 10.1. The minimum Gasteiger partial charge on any atom is -0.378 e. The Morgan fingerprint density at radius 1 is 1.12 bits per heavy atom. The van der Waals surface area contributed by atoms with E-state index in [-0.39, 0.29) is 17.6 Å². The van der Waals surface area contributed by atoms with Crippen LogP contribution in [0.5, 0.6) is 0 Å². The Bertz CT molecular complexity index is 1110. The molecule has 1 N–H and O–H groups in total. The quantitative estimate of drug-likeness (QED) is 0.437. The number of carbonyl (C=O) groups excluding carboxylic acids is 2. The fourth-order valence-corrected chi connectivity index (χ4v) is 4.89. The molecule has 0 radical (unpaired) electrons. The molecule has 0 spiro atoms. The summed E-state index contributed by atoms with van der Waals surface area (Å²) in [6.07, 6.45) is 0.489. The molecule has 2 aromatic carbocycles. The fourth-order valence-electron chi connectivity index (χ4n) is 3.34. The molecule has 3 aromatic rings. The number of ketones is 1. The zero-order valence-corrected chi connectivity index (χ0v) is 21.7. The van der Waals surface area contributed by atoms with E-state index in [0.29, 0.717) is 17.3 Å². The van der Waals surface area contributed by atoms with Crippen LogP contribution in [-0.2, 0) is 17.1 Å². The molecule has 0 aliphatic carbocycles. The first-order valence-corrected chi connectivity index (χ1v) is 12.8. The topological polar surface area (TPSA) is 93.0 Å². The van der Waals surface area contributed by atoms with Gasteiger partial charge >= 0.3 is 0 Å². The Morgan fingerprint density at radius 2 is 1.79 bits per heavy atom. The summed E-state index contributed by atoms with van der Waals surface area (Å²) in [5, 5.41) is 15.6. The van der Waals surface area contributed by atoms with Crippen molar-refractivity contribution in [2.45, 2.75) is 55.6 Å². The summed E-state index contributed by atoms with van der Waals surface area (Å²) >= 11 is 2.58. The molecule has 1 aromatic heterocycles. The van der Waals surface area contributed by atoms with Gasteiger partial charge in [-0.25, -0.2) is 0 Å². The summed E-state index contributed by atoms with van der Waals surface area (Å²) in [5.74, 6) is 0.393. The summed E-state index contributed by atoms with van der Waals surface area (Å²) in [4.78, 5) is 29.5. The van der Waals surface area contributed by atoms with E-state index >= 15 is 0 Å².